The van der Waals surface area contributed by atoms with E-state index in [-0.39, 0.29) is 12.5 Å². The number of aldehydes is 1. The molecule has 21 heavy (non-hydrogen) atoms. The number of carbonyl (C=O) groups excluding carboxylic acids is 1. The van der Waals surface area contributed by atoms with E-state index in [1.54, 1.807) is 0 Å². The summed E-state index contributed by atoms with van der Waals surface area (Å²) in [5.41, 5.74) is 5.85. The lowest BCUT2D eigenvalue weighted by atomic mass is 9.90. The molecule has 4 unspecified atom stereocenters. The number of carboxylic acid groups (broad SMARTS) is 1. The smallest absolute Gasteiger partial charge is 0.305 e. The molecule has 5 atom stereocenters. The van der Waals surface area contributed by atoms with Crippen LogP contribution in [0.15, 0.2) is 12.2 Å². The molecule has 2 aliphatic carbocycles. The largest absolute Gasteiger partial charge is 0.481 e. The third-order valence-corrected chi connectivity index (χ3v) is 5.04. The molecule has 4 N–H and O–H groups in total. The lowest BCUT2D eigenvalue weighted by Crippen LogP contribution is -2.40. The molecule has 118 valence electrons. The summed E-state index contributed by atoms with van der Waals surface area (Å²) in [7, 11) is 0. The van der Waals surface area contributed by atoms with Crippen molar-refractivity contribution in [3.63, 3.8) is 0 Å². The van der Waals surface area contributed by atoms with Crippen LogP contribution in [0.4, 0.5) is 0 Å². The Kier molecular flexibility index (Phi) is 4.84. The van der Waals surface area contributed by atoms with Crippen LogP contribution >= 0.6 is 0 Å². The summed E-state index contributed by atoms with van der Waals surface area (Å²) >= 11 is 0. The molecule has 5 heteroatoms. The zero-order valence-corrected chi connectivity index (χ0v) is 12.8. The van der Waals surface area contributed by atoms with Gasteiger partial charge in [-0.1, -0.05) is 26.0 Å². The number of allylic oxidation sites excluding steroid dienone is 1. The van der Waals surface area contributed by atoms with Crippen molar-refractivity contribution in [3.05, 3.63) is 12.2 Å². The van der Waals surface area contributed by atoms with Crippen molar-refractivity contribution in [1.82, 2.24) is 5.32 Å². The van der Waals surface area contributed by atoms with Gasteiger partial charge in [0.05, 0.1) is 18.0 Å². The molecule has 0 aliphatic heterocycles. The van der Waals surface area contributed by atoms with E-state index in [0.29, 0.717) is 24.0 Å². The summed E-state index contributed by atoms with van der Waals surface area (Å²) in [5.74, 6) is 0.985. The molecule has 0 aromatic rings. The number of hydrogen-bond acceptors (Lipinski definition) is 4. The van der Waals surface area contributed by atoms with Crippen LogP contribution in [0.5, 0.6) is 0 Å². The third-order valence-electron chi connectivity index (χ3n) is 5.04. The van der Waals surface area contributed by atoms with E-state index in [4.69, 9.17) is 10.8 Å². The number of aliphatic carboxylic acids is 1. The summed E-state index contributed by atoms with van der Waals surface area (Å²) in [6.07, 6.45) is 8.03. The summed E-state index contributed by atoms with van der Waals surface area (Å²) < 4.78 is 0. The van der Waals surface area contributed by atoms with Crippen LogP contribution in [0, 0.1) is 17.8 Å². The maximum atomic E-state index is 10.9. The summed E-state index contributed by atoms with van der Waals surface area (Å²) in [6.45, 7) is 4.55. The van der Waals surface area contributed by atoms with Gasteiger partial charge in [0.2, 0.25) is 0 Å². The van der Waals surface area contributed by atoms with Crippen LogP contribution in [0.25, 0.3) is 0 Å². The van der Waals surface area contributed by atoms with Crippen molar-refractivity contribution in [3.8, 4) is 0 Å². The lowest BCUT2D eigenvalue weighted by Gasteiger charge is -2.17. The SMILES string of the molecule is CC1CCC(C)C1C=CC1(N)CC1N[C@H](C=O)CC(=O)O. The molecule has 0 aromatic carbocycles. The van der Waals surface area contributed by atoms with Crippen molar-refractivity contribution < 1.29 is 14.7 Å². The zero-order chi connectivity index (χ0) is 15.6. The Morgan fingerprint density at radius 3 is 2.57 bits per heavy atom. The topological polar surface area (TPSA) is 92.4 Å². The molecule has 0 heterocycles. The molecular formula is C16H26N2O3. The fraction of sp³-hybridized carbons (Fsp3) is 0.750. The second-order valence-electron chi connectivity index (χ2n) is 6.84. The van der Waals surface area contributed by atoms with Crippen LogP contribution in [-0.2, 0) is 9.59 Å². The van der Waals surface area contributed by atoms with Gasteiger partial charge in [0.1, 0.15) is 6.29 Å². The number of carbonyl (C=O) groups is 2. The Balaban J connectivity index is 1.87. The van der Waals surface area contributed by atoms with Crippen molar-refractivity contribution in [1.29, 1.82) is 0 Å². The van der Waals surface area contributed by atoms with Gasteiger partial charge in [0.15, 0.2) is 0 Å². The molecule has 0 bridgehead atoms. The first-order valence-electron chi connectivity index (χ1n) is 7.77. The number of hydrogen-bond donors (Lipinski definition) is 3. The van der Waals surface area contributed by atoms with E-state index in [1.165, 1.54) is 12.8 Å². The van der Waals surface area contributed by atoms with Gasteiger partial charge in [-0.05, 0) is 37.0 Å². The second kappa shape index (κ2) is 6.28. The Hall–Kier alpha value is -1.20. The number of nitrogens with one attached hydrogen (secondary N) is 1. The normalized spacial score (nSPS) is 40.3. The van der Waals surface area contributed by atoms with Gasteiger partial charge in [-0.2, -0.15) is 0 Å². The molecule has 2 fully saturated rings. The van der Waals surface area contributed by atoms with Crippen LogP contribution in [0.2, 0.25) is 0 Å². The monoisotopic (exact) mass is 294 g/mol. The quantitative estimate of drug-likeness (QED) is 0.486. The van der Waals surface area contributed by atoms with E-state index in [1.807, 2.05) is 0 Å². The van der Waals surface area contributed by atoms with Crippen molar-refractivity contribution in [2.75, 3.05) is 0 Å². The maximum absolute atomic E-state index is 10.9. The van der Waals surface area contributed by atoms with E-state index in [9.17, 15) is 9.59 Å². The maximum Gasteiger partial charge on any atom is 0.305 e. The minimum atomic E-state index is -0.980. The molecule has 2 rings (SSSR count). The highest BCUT2D eigenvalue weighted by molar-refractivity contribution is 5.73. The van der Waals surface area contributed by atoms with Gasteiger partial charge >= 0.3 is 5.97 Å². The Labute approximate surface area is 126 Å². The highest BCUT2D eigenvalue weighted by Crippen LogP contribution is 2.40. The van der Waals surface area contributed by atoms with Gasteiger partial charge < -0.3 is 21.0 Å². The minimum Gasteiger partial charge on any atom is -0.481 e. The molecule has 2 saturated carbocycles. The minimum absolute atomic E-state index is 0.00434. The van der Waals surface area contributed by atoms with E-state index in [0.717, 1.165) is 6.42 Å². The Morgan fingerprint density at radius 1 is 1.43 bits per heavy atom. The van der Waals surface area contributed by atoms with Crippen LogP contribution in [0.1, 0.15) is 39.5 Å². The first kappa shape index (κ1) is 16.2. The first-order chi connectivity index (χ1) is 9.85. The molecule has 0 saturated heterocycles. The molecular weight excluding hydrogens is 268 g/mol. The number of carboxylic acids is 1. The van der Waals surface area contributed by atoms with Crippen molar-refractivity contribution in [2.45, 2.75) is 57.2 Å². The van der Waals surface area contributed by atoms with Gasteiger partial charge in [-0.25, -0.2) is 0 Å². The van der Waals surface area contributed by atoms with Crippen LogP contribution < -0.4 is 11.1 Å². The highest BCUT2D eigenvalue weighted by atomic mass is 16.4. The first-order valence-corrected chi connectivity index (χ1v) is 7.77. The predicted molar refractivity (Wildman–Crippen MR) is 80.8 cm³/mol. The highest BCUT2D eigenvalue weighted by Gasteiger charge is 2.50. The van der Waals surface area contributed by atoms with E-state index < -0.39 is 17.6 Å². The van der Waals surface area contributed by atoms with E-state index in [2.05, 4.69) is 31.3 Å². The average Bonchev–Trinajstić information content (AvgIpc) is 2.93. The molecule has 0 spiro atoms. The zero-order valence-electron chi connectivity index (χ0n) is 12.8. The Bertz CT molecular complexity index is 427. The Morgan fingerprint density at radius 2 is 2.05 bits per heavy atom. The average molecular weight is 294 g/mol. The number of nitrogens with two attached hydrogens (primary N) is 1. The van der Waals surface area contributed by atoms with Gasteiger partial charge in [0.25, 0.3) is 0 Å². The number of rotatable bonds is 7. The summed E-state index contributed by atoms with van der Waals surface area (Å²) in [6, 6.07) is -0.661. The summed E-state index contributed by atoms with van der Waals surface area (Å²) in [4.78, 5) is 21.5. The lowest BCUT2D eigenvalue weighted by molar-refractivity contribution is -0.138. The van der Waals surface area contributed by atoms with Gasteiger partial charge in [-0.15, -0.1) is 0 Å². The molecule has 0 amide bonds. The molecule has 0 aromatic heterocycles. The molecule has 2 aliphatic rings. The second-order valence-corrected chi connectivity index (χ2v) is 6.84. The fourth-order valence-electron chi connectivity index (χ4n) is 3.43. The van der Waals surface area contributed by atoms with E-state index >= 15 is 0 Å². The molecule has 0 radical (unpaired) electrons. The predicted octanol–water partition coefficient (Wildman–Crippen LogP) is 1.33. The third kappa shape index (κ3) is 3.92. The van der Waals surface area contributed by atoms with Crippen LogP contribution in [0.3, 0.4) is 0 Å². The molecule has 5 nitrogen and oxygen atoms in total. The van der Waals surface area contributed by atoms with Crippen molar-refractivity contribution >= 4 is 12.3 Å². The van der Waals surface area contributed by atoms with Gasteiger partial charge in [-0.3, -0.25) is 4.79 Å². The van der Waals surface area contributed by atoms with Crippen LogP contribution in [-0.4, -0.2) is 35.0 Å². The standard InChI is InChI=1S/C16H26N2O3/c1-10-3-4-11(2)13(10)5-6-16(17)8-14(16)18-12(9-19)7-15(20)21/h5-6,9-14,18H,3-4,7-8,17H2,1-2H3,(H,20,21)/t10?,11?,12-,13?,14?,16?/m0/s1. The fourth-order valence-corrected chi connectivity index (χ4v) is 3.43. The van der Waals surface area contributed by atoms with Gasteiger partial charge in [0, 0.05) is 6.04 Å². The van der Waals surface area contributed by atoms with Crippen molar-refractivity contribution in [2.24, 2.45) is 23.5 Å². The summed E-state index contributed by atoms with van der Waals surface area (Å²) in [5, 5.41) is 11.8.